The average molecular weight is 430 g/mol. The molecule has 1 fully saturated rings. The predicted octanol–water partition coefficient (Wildman–Crippen LogP) is 3.96. The maximum Gasteiger partial charge on any atom is 0.343 e. The summed E-state index contributed by atoms with van der Waals surface area (Å²) in [6.07, 6.45) is 6.40. The quantitative estimate of drug-likeness (QED) is 0.231. The molecule has 1 aromatic rings. The van der Waals surface area contributed by atoms with Crippen LogP contribution in [0.1, 0.15) is 19.4 Å². The first-order chi connectivity index (χ1) is 13.7. The van der Waals surface area contributed by atoms with Crippen molar-refractivity contribution in [3.63, 3.8) is 0 Å². The highest BCUT2D eigenvalue weighted by molar-refractivity contribution is 8.26. The van der Waals surface area contributed by atoms with Crippen LogP contribution in [0.15, 0.2) is 65.1 Å². The van der Waals surface area contributed by atoms with Crippen molar-refractivity contribution in [3.8, 4) is 5.75 Å². The molecule has 0 aliphatic carbocycles. The summed E-state index contributed by atoms with van der Waals surface area (Å²) < 4.78 is 5.57. The number of aliphatic carboxylic acids is 1. The second kappa shape index (κ2) is 9.99. The van der Waals surface area contributed by atoms with Crippen LogP contribution in [0, 0.1) is 0 Å². The number of thiocarbonyl (C=S) groups is 1. The number of esters is 1. The molecule has 150 valence electrons. The number of thioether (sulfide) groups is 1. The van der Waals surface area contributed by atoms with Gasteiger partial charge < -0.3 is 9.84 Å². The van der Waals surface area contributed by atoms with Crippen molar-refractivity contribution in [2.75, 3.05) is 6.54 Å². The molecule has 0 bridgehead atoms. The highest BCUT2D eigenvalue weighted by Gasteiger charge is 2.33. The van der Waals surface area contributed by atoms with Crippen molar-refractivity contribution < 1.29 is 24.2 Å². The lowest BCUT2D eigenvalue weighted by Gasteiger charge is -2.10. The Balaban J connectivity index is 2.13. The Bertz CT molecular complexity index is 954. The van der Waals surface area contributed by atoms with Crippen LogP contribution in [-0.4, -0.2) is 38.7 Å². The number of hydrogen-bond acceptors (Lipinski definition) is 6. The number of carboxylic acids is 1. The number of ether oxygens (including phenoxy) is 1. The molecule has 8 heteroatoms. The van der Waals surface area contributed by atoms with Crippen molar-refractivity contribution in [2.45, 2.75) is 13.8 Å². The van der Waals surface area contributed by atoms with Gasteiger partial charge in [-0.05, 0) is 49.8 Å². The summed E-state index contributed by atoms with van der Waals surface area (Å²) in [6, 6.07) is 6.58. The molecule has 0 spiro atoms. The second-order valence-electron chi connectivity index (χ2n) is 6.20. The molecule has 0 saturated carbocycles. The molecule has 6 nitrogen and oxygen atoms in total. The van der Waals surface area contributed by atoms with Gasteiger partial charge >= 0.3 is 11.9 Å². The molecule has 1 aliphatic rings. The minimum Gasteiger partial charge on any atom is -0.480 e. The normalized spacial score (nSPS) is 15.4. The molecule has 1 amide bonds. The van der Waals surface area contributed by atoms with Crippen LogP contribution in [0.3, 0.4) is 0 Å². The van der Waals surface area contributed by atoms with Crippen LogP contribution in [0.5, 0.6) is 5.75 Å². The molecule has 1 N–H and O–H groups in total. The topological polar surface area (TPSA) is 83.9 Å². The van der Waals surface area contributed by atoms with Crippen LogP contribution in [-0.2, 0) is 14.4 Å². The lowest BCUT2D eigenvalue weighted by molar-refractivity contribution is -0.140. The Kier molecular flexibility index (Phi) is 7.69. The third-order valence-corrected chi connectivity index (χ3v) is 4.91. The first-order valence-electron chi connectivity index (χ1n) is 8.48. The van der Waals surface area contributed by atoms with Crippen LogP contribution < -0.4 is 4.74 Å². The zero-order valence-corrected chi connectivity index (χ0v) is 17.5. The molecule has 1 heterocycles. The minimum absolute atomic E-state index is 0.204. The Labute approximate surface area is 178 Å². The third-order valence-electron chi connectivity index (χ3n) is 3.53. The maximum absolute atomic E-state index is 12.3. The van der Waals surface area contributed by atoms with Crippen molar-refractivity contribution in [3.05, 3.63) is 70.7 Å². The van der Waals surface area contributed by atoms with Crippen molar-refractivity contribution in [1.29, 1.82) is 0 Å². The van der Waals surface area contributed by atoms with E-state index in [-0.39, 0.29) is 4.32 Å². The van der Waals surface area contributed by atoms with Gasteiger partial charge in [0.15, 0.2) is 0 Å². The Hall–Kier alpha value is -2.97. The highest BCUT2D eigenvalue weighted by Crippen LogP contribution is 2.32. The molecule has 1 aromatic carbocycles. The van der Waals surface area contributed by atoms with E-state index in [0.717, 1.165) is 22.2 Å². The van der Waals surface area contributed by atoms with Gasteiger partial charge in [0.05, 0.1) is 10.5 Å². The molecular weight excluding hydrogens is 410 g/mol. The fraction of sp³-hybridized carbons (Fsp3) is 0.143. The van der Waals surface area contributed by atoms with Crippen LogP contribution in [0.2, 0.25) is 0 Å². The highest BCUT2D eigenvalue weighted by atomic mass is 32.2. The van der Waals surface area contributed by atoms with E-state index in [4.69, 9.17) is 22.1 Å². The number of carbonyl (C=O) groups excluding carboxylic acids is 2. The Morgan fingerprint density at radius 2 is 1.93 bits per heavy atom. The summed E-state index contributed by atoms with van der Waals surface area (Å²) in [5.74, 6) is -1.73. The maximum atomic E-state index is 12.3. The number of hydrogen-bond donors (Lipinski definition) is 1. The van der Waals surface area contributed by atoms with Crippen molar-refractivity contribution in [2.24, 2.45) is 0 Å². The summed E-state index contributed by atoms with van der Waals surface area (Å²) >= 11 is 6.11. The predicted molar refractivity (Wildman–Crippen MR) is 117 cm³/mol. The largest absolute Gasteiger partial charge is 0.480 e. The van der Waals surface area contributed by atoms with Gasteiger partial charge in [-0.1, -0.05) is 54.3 Å². The van der Waals surface area contributed by atoms with Crippen molar-refractivity contribution in [1.82, 2.24) is 4.90 Å². The number of rotatable bonds is 7. The zero-order chi connectivity index (χ0) is 21.6. The number of nitrogens with zero attached hydrogens (tertiary/aromatic N) is 1. The van der Waals surface area contributed by atoms with Gasteiger partial charge in [-0.2, -0.15) is 0 Å². The number of benzene rings is 1. The molecule has 0 radical (unpaired) electrons. The van der Waals surface area contributed by atoms with Gasteiger partial charge in [0.1, 0.15) is 16.6 Å². The average Bonchev–Trinajstić information content (AvgIpc) is 2.89. The lowest BCUT2D eigenvalue weighted by atomic mass is 10.1. The van der Waals surface area contributed by atoms with E-state index in [9.17, 15) is 14.4 Å². The van der Waals surface area contributed by atoms with Gasteiger partial charge in [0.25, 0.3) is 5.91 Å². The number of amides is 1. The molecule has 0 aromatic heterocycles. The van der Waals surface area contributed by atoms with E-state index < -0.39 is 24.4 Å². The third kappa shape index (κ3) is 6.27. The van der Waals surface area contributed by atoms with Gasteiger partial charge in [-0.3, -0.25) is 14.5 Å². The summed E-state index contributed by atoms with van der Waals surface area (Å²) in [4.78, 5) is 36.8. The van der Waals surface area contributed by atoms with E-state index in [2.05, 4.69) is 6.58 Å². The molecule has 29 heavy (non-hydrogen) atoms. The van der Waals surface area contributed by atoms with E-state index >= 15 is 0 Å². The van der Waals surface area contributed by atoms with Crippen LogP contribution in [0.4, 0.5) is 0 Å². The first kappa shape index (κ1) is 22.3. The second-order valence-corrected chi connectivity index (χ2v) is 7.88. The van der Waals surface area contributed by atoms with Crippen molar-refractivity contribution >= 4 is 52.2 Å². The van der Waals surface area contributed by atoms with E-state index in [1.165, 1.54) is 6.08 Å². The number of carboxylic acid groups (broad SMARTS) is 1. The Morgan fingerprint density at radius 1 is 1.28 bits per heavy atom. The van der Waals surface area contributed by atoms with Gasteiger partial charge in [-0.15, -0.1) is 0 Å². The van der Waals surface area contributed by atoms with E-state index in [1.54, 1.807) is 42.5 Å². The summed E-state index contributed by atoms with van der Waals surface area (Å²) in [5.41, 5.74) is 2.02. The lowest BCUT2D eigenvalue weighted by Crippen LogP contribution is -2.33. The van der Waals surface area contributed by atoms with Crippen LogP contribution >= 0.6 is 24.0 Å². The fourth-order valence-corrected chi connectivity index (χ4v) is 3.59. The summed E-state index contributed by atoms with van der Waals surface area (Å²) in [6.45, 7) is 6.87. The summed E-state index contributed by atoms with van der Waals surface area (Å²) in [7, 11) is 0. The fourth-order valence-electron chi connectivity index (χ4n) is 2.33. The smallest absolute Gasteiger partial charge is 0.343 e. The van der Waals surface area contributed by atoms with Gasteiger partial charge in [0.2, 0.25) is 0 Å². The monoisotopic (exact) mass is 429 g/mol. The molecule has 1 aliphatic heterocycles. The minimum atomic E-state index is -1.13. The first-order valence-corrected chi connectivity index (χ1v) is 9.70. The molecule has 0 unspecified atom stereocenters. The zero-order valence-electron chi connectivity index (χ0n) is 15.9. The summed E-state index contributed by atoms with van der Waals surface area (Å²) in [5, 5.41) is 8.87. The molecule has 1 saturated heterocycles. The molecular formula is C21H19NO5S2. The van der Waals surface area contributed by atoms with Gasteiger partial charge in [-0.25, -0.2) is 4.79 Å². The van der Waals surface area contributed by atoms with E-state index in [1.807, 2.05) is 13.8 Å². The van der Waals surface area contributed by atoms with E-state index in [0.29, 0.717) is 21.8 Å². The number of carbonyl (C=O) groups is 3. The SMILES string of the molecule is C=C/C=C(\C=C(C)C)C(=O)Oc1ccc(/C=C2\SC(=S)N(CC(=O)O)C2=O)cc1. The number of allylic oxidation sites excluding steroid dienone is 3. The van der Waals surface area contributed by atoms with Gasteiger partial charge in [0, 0.05) is 0 Å². The van der Waals surface area contributed by atoms with Crippen LogP contribution in [0.25, 0.3) is 6.08 Å². The molecule has 0 atom stereocenters. The Morgan fingerprint density at radius 3 is 2.48 bits per heavy atom. The molecule has 2 rings (SSSR count). The standard InChI is InChI=1S/C21H19NO5S2/c1-4-5-15(10-13(2)3)20(26)27-16-8-6-14(7-9-16)11-17-19(25)22(12-18(23)24)21(28)29-17/h4-11H,1,12H2,2-3H3,(H,23,24)/b15-5+,17-11-.